The van der Waals surface area contributed by atoms with Crippen LogP contribution in [0.15, 0.2) is 24.4 Å². The van der Waals surface area contributed by atoms with Crippen molar-refractivity contribution in [2.24, 2.45) is 0 Å². The lowest BCUT2D eigenvalue weighted by atomic mass is 10.3. The first-order valence-electron chi connectivity index (χ1n) is 6.02. The van der Waals surface area contributed by atoms with Gasteiger partial charge in [-0.2, -0.15) is 0 Å². The van der Waals surface area contributed by atoms with Gasteiger partial charge in [-0.25, -0.2) is 4.98 Å². The molecule has 17 heavy (non-hydrogen) atoms. The lowest BCUT2D eigenvalue weighted by molar-refractivity contribution is 0.195. The van der Waals surface area contributed by atoms with Crippen LogP contribution >= 0.6 is 0 Å². The van der Waals surface area contributed by atoms with Gasteiger partial charge in [0.05, 0.1) is 18.0 Å². The molecular formula is C13H19N3O. The molecule has 0 saturated heterocycles. The summed E-state index contributed by atoms with van der Waals surface area (Å²) in [6.07, 6.45) is 2.04. The van der Waals surface area contributed by atoms with Crippen molar-refractivity contribution in [2.45, 2.75) is 20.4 Å². The van der Waals surface area contributed by atoms with E-state index in [4.69, 9.17) is 5.11 Å². The molecule has 2 aromatic heterocycles. The second kappa shape index (κ2) is 5.29. The molecule has 0 atom stereocenters. The van der Waals surface area contributed by atoms with E-state index in [-0.39, 0.29) is 6.61 Å². The third kappa shape index (κ3) is 2.48. The van der Waals surface area contributed by atoms with Crippen molar-refractivity contribution in [1.82, 2.24) is 14.3 Å². The molecule has 2 rings (SSSR count). The van der Waals surface area contributed by atoms with Crippen LogP contribution in [0.4, 0.5) is 0 Å². The van der Waals surface area contributed by atoms with Crippen molar-refractivity contribution in [3.05, 3.63) is 35.8 Å². The van der Waals surface area contributed by atoms with Crippen LogP contribution < -0.4 is 0 Å². The molecule has 0 saturated carbocycles. The number of rotatable bonds is 5. The first kappa shape index (κ1) is 12.1. The molecule has 1 N–H and O–H groups in total. The smallest absolute Gasteiger partial charge is 0.137 e. The van der Waals surface area contributed by atoms with E-state index in [1.807, 2.05) is 31.3 Å². The maximum absolute atomic E-state index is 9.01. The summed E-state index contributed by atoms with van der Waals surface area (Å²) < 4.78 is 2.12. The topological polar surface area (TPSA) is 40.8 Å². The van der Waals surface area contributed by atoms with Crippen LogP contribution in [0.3, 0.4) is 0 Å². The lowest BCUT2D eigenvalue weighted by Gasteiger charge is -2.19. The first-order chi connectivity index (χ1) is 8.26. The van der Waals surface area contributed by atoms with Crippen LogP contribution in [0.25, 0.3) is 5.65 Å². The Morgan fingerprint density at radius 1 is 1.41 bits per heavy atom. The van der Waals surface area contributed by atoms with Gasteiger partial charge >= 0.3 is 0 Å². The Kier molecular flexibility index (Phi) is 3.76. The number of fused-ring (bicyclic) bond motifs is 1. The highest BCUT2D eigenvalue weighted by atomic mass is 16.3. The van der Waals surface area contributed by atoms with E-state index in [0.717, 1.165) is 24.4 Å². The zero-order chi connectivity index (χ0) is 12.3. The monoisotopic (exact) mass is 233 g/mol. The van der Waals surface area contributed by atoms with Crippen LogP contribution in [0.1, 0.15) is 18.3 Å². The van der Waals surface area contributed by atoms with Gasteiger partial charge in [0.25, 0.3) is 0 Å². The van der Waals surface area contributed by atoms with E-state index in [2.05, 4.69) is 21.2 Å². The van der Waals surface area contributed by atoms with Gasteiger partial charge in [-0.1, -0.05) is 13.0 Å². The molecule has 4 heteroatoms. The molecule has 0 fully saturated rings. The molecule has 92 valence electrons. The average Bonchev–Trinajstić information content (AvgIpc) is 2.65. The average molecular weight is 233 g/mol. The van der Waals surface area contributed by atoms with Gasteiger partial charge in [0.1, 0.15) is 5.65 Å². The van der Waals surface area contributed by atoms with Gasteiger partial charge in [-0.05, 0) is 25.6 Å². The minimum absolute atomic E-state index is 0.198. The normalized spacial score (nSPS) is 11.5. The van der Waals surface area contributed by atoms with E-state index in [1.165, 1.54) is 5.69 Å². The molecular weight excluding hydrogens is 214 g/mol. The van der Waals surface area contributed by atoms with Crippen LogP contribution in [0.5, 0.6) is 0 Å². The van der Waals surface area contributed by atoms with Gasteiger partial charge in [0.2, 0.25) is 0 Å². The number of nitrogens with zero attached hydrogens (tertiary/aromatic N) is 3. The fourth-order valence-corrected chi connectivity index (χ4v) is 2.06. The lowest BCUT2D eigenvalue weighted by Crippen LogP contribution is -2.27. The summed E-state index contributed by atoms with van der Waals surface area (Å²) in [7, 11) is 0. The summed E-state index contributed by atoms with van der Waals surface area (Å²) in [5.74, 6) is 0. The quantitative estimate of drug-likeness (QED) is 0.850. The largest absolute Gasteiger partial charge is 0.395 e. The molecule has 0 aliphatic heterocycles. The zero-order valence-corrected chi connectivity index (χ0v) is 10.4. The Morgan fingerprint density at radius 3 is 2.94 bits per heavy atom. The highest BCUT2D eigenvalue weighted by Gasteiger charge is 2.11. The molecule has 0 aliphatic rings. The summed E-state index contributed by atoms with van der Waals surface area (Å²) in [6, 6.07) is 6.02. The fraction of sp³-hybridized carbons (Fsp3) is 0.462. The van der Waals surface area contributed by atoms with Crippen molar-refractivity contribution >= 4 is 5.65 Å². The maximum atomic E-state index is 9.01. The number of aromatic nitrogens is 2. The highest BCUT2D eigenvalue weighted by Crippen LogP contribution is 2.13. The van der Waals surface area contributed by atoms with Gasteiger partial charge in [-0.15, -0.1) is 0 Å². The number of aliphatic hydroxyl groups excluding tert-OH is 1. The Hall–Kier alpha value is -1.39. The van der Waals surface area contributed by atoms with Gasteiger partial charge in [0.15, 0.2) is 0 Å². The van der Waals surface area contributed by atoms with Crippen molar-refractivity contribution < 1.29 is 5.11 Å². The van der Waals surface area contributed by atoms with Crippen molar-refractivity contribution in [3.63, 3.8) is 0 Å². The SMILES string of the molecule is CCN(CCO)Cc1c(C)nc2ccccn12. The molecule has 0 aromatic carbocycles. The van der Waals surface area contributed by atoms with E-state index >= 15 is 0 Å². The van der Waals surface area contributed by atoms with Gasteiger partial charge in [-0.3, -0.25) is 4.90 Å². The number of hydrogen-bond donors (Lipinski definition) is 1. The Labute approximate surface area is 102 Å². The summed E-state index contributed by atoms with van der Waals surface area (Å²) in [4.78, 5) is 6.75. The minimum Gasteiger partial charge on any atom is -0.395 e. The Morgan fingerprint density at radius 2 is 2.24 bits per heavy atom. The summed E-state index contributed by atoms with van der Waals surface area (Å²) in [6.45, 7) is 6.80. The summed E-state index contributed by atoms with van der Waals surface area (Å²) >= 11 is 0. The zero-order valence-electron chi connectivity index (χ0n) is 10.4. The predicted molar refractivity (Wildman–Crippen MR) is 68.0 cm³/mol. The maximum Gasteiger partial charge on any atom is 0.137 e. The second-order valence-electron chi connectivity index (χ2n) is 4.17. The van der Waals surface area contributed by atoms with Crippen molar-refractivity contribution in [1.29, 1.82) is 0 Å². The number of aryl methyl sites for hydroxylation is 1. The van der Waals surface area contributed by atoms with E-state index in [9.17, 15) is 0 Å². The summed E-state index contributed by atoms with van der Waals surface area (Å²) in [5, 5.41) is 9.01. The molecule has 2 heterocycles. The van der Waals surface area contributed by atoms with Gasteiger partial charge in [0, 0.05) is 19.3 Å². The van der Waals surface area contributed by atoms with E-state index < -0.39 is 0 Å². The highest BCUT2D eigenvalue weighted by molar-refractivity contribution is 5.42. The predicted octanol–water partition coefficient (Wildman–Crippen LogP) is 1.46. The van der Waals surface area contributed by atoms with Crippen LogP contribution in [0.2, 0.25) is 0 Å². The van der Waals surface area contributed by atoms with Crippen LogP contribution in [0, 0.1) is 6.92 Å². The number of imidazole rings is 1. The first-order valence-corrected chi connectivity index (χ1v) is 6.02. The fourth-order valence-electron chi connectivity index (χ4n) is 2.06. The van der Waals surface area contributed by atoms with Crippen LogP contribution in [-0.4, -0.2) is 39.1 Å². The second-order valence-corrected chi connectivity index (χ2v) is 4.17. The Balaban J connectivity index is 2.31. The third-order valence-electron chi connectivity index (χ3n) is 3.07. The Bertz CT molecular complexity index is 492. The number of hydrogen-bond acceptors (Lipinski definition) is 3. The van der Waals surface area contributed by atoms with Gasteiger partial charge < -0.3 is 9.51 Å². The molecule has 0 amide bonds. The third-order valence-corrected chi connectivity index (χ3v) is 3.07. The van der Waals surface area contributed by atoms with Crippen molar-refractivity contribution in [2.75, 3.05) is 19.7 Å². The number of pyridine rings is 1. The molecule has 4 nitrogen and oxygen atoms in total. The molecule has 0 aliphatic carbocycles. The van der Waals surface area contributed by atoms with E-state index in [0.29, 0.717) is 6.54 Å². The standard InChI is InChI=1S/C13H19N3O/c1-3-15(8-9-17)10-12-11(2)14-13-6-4-5-7-16(12)13/h4-7,17H,3,8-10H2,1-2H3. The molecule has 0 unspecified atom stereocenters. The molecule has 0 bridgehead atoms. The number of aliphatic hydroxyl groups is 1. The van der Waals surface area contributed by atoms with Crippen LogP contribution in [-0.2, 0) is 6.54 Å². The molecule has 0 spiro atoms. The minimum atomic E-state index is 0.198. The van der Waals surface area contributed by atoms with E-state index in [1.54, 1.807) is 0 Å². The molecule has 0 radical (unpaired) electrons. The van der Waals surface area contributed by atoms with Crippen molar-refractivity contribution in [3.8, 4) is 0 Å². The molecule has 2 aromatic rings. The number of likely N-dealkylation sites (N-methyl/N-ethyl adjacent to an activating group) is 1. The summed E-state index contributed by atoms with van der Waals surface area (Å²) in [5.41, 5.74) is 3.25.